The van der Waals surface area contributed by atoms with Crippen LogP contribution < -0.4 is 10.6 Å². The highest BCUT2D eigenvalue weighted by Gasteiger charge is 2.22. The third kappa shape index (κ3) is 3.58. The van der Waals surface area contributed by atoms with Crippen LogP contribution in [0.3, 0.4) is 0 Å². The molecule has 2 aliphatic heterocycles. The van der Waals surface area contributed by atoms with E-state index in [1.807, 2.05) is 14.0 Å². The molecular weight excluding hydrogens is 280 g/mol. The summed E-state index contributed by atoms with van der Waals surface area (Å²) in [5.74, 6) is 3.58. The first-order valence-corrected chi connectivity index (χ1v) is 8.21. The summed E-state index contributed by atoms with van der Waals surface area (Å²) in [6, 6.07) is 0. The van der Waals surface area contributed by atoms with Gasteiger partial charge < -0.3 is 19.9 Å². The molecule has 1 fully saturated rings. The number of nitrogens with zero attached hydrogens (tertiary/aromatic N) is 4. The molecule has 2 aliphatic rings. The Morgan fingerprint density at radius 2 is 2.18 bits per heavy atom. The second-order valence-corrected chi connectivity index (χ2v) is 6.15. The molecule has 2 N–H and O–H groups in total. The van der Waals surface area contributed by atoms with E-state index in [0.29, 0.717) is 12.0 Å². The Kier molecular flexibility index (Phi) is 4.92. The highest BCUT2D eigenvalue weighted by Crippen LogP contribution is 2.19. The van der Waals surface area contributed by atoms with E-state index in [2.05, 4.69) is 30.4 Å². The molecule has 7 nitrogen and oxygen atoms in total. The van der Waals surface area contributed by atoms with Gasteiger partial charge in [-0.2, -0.15) is 0 Å². The van der Waals surface area contributed by atoms with Gasteiger partial charge in [-0.3, -0.25) is 4.99 Å². The zero-order valence-electron chi connectivity index (χ0n) is 13.5. The molecule has 1 aromatic heterocycles. The van der Waals surface area contributed by atoms with Gasteiger partial charge in [0.25, 0.3) is 0 Å². The molecule has 0 aliphatic carbocycles. The summed E-state index contributed by atoms with van der Waals surface area (Å²) < 4.78 is 7.86. The highest BCUT2D eigenvalue weighted by molar-refractivity contribution is 5.79. The molecule has 0 spiro atoms. The molecule has 3 heterocycles. The Bertz CT molecular complexity index is 520. The average Bonchev–Trinajstić information content (AvgIpc) is 3.18. The molecule has 1 saturated heterocycles. The smallest absolute Gasteiger partial charge is 0.191 e. The minimum Gasteiger partial charge on any atom is -0.376 e. The first kappa shape index (κ1) is 15.3. The van der Waals surface area contributed by atoms with Crippen molar-refractivity contribution in [3.8, 4) is 0 Å². The van der Waals surface area contributed by atoms with Crippen LogP contribution in [0.15, 0.2) is 4.99 Å². The van der Waals surface area contributed by atoms with Gasteiger partial charge in [0, 0.05) is 39.7 Å². The lowest BCUT2D eigenvalue weighted by atomic mass is 9.99. The highest BCUT2D eigenvalue weighted by atomic mass is 16.5. The maximum absolute atomic E-state index is 5.62. The van der Waals surface area contributed by atoms with Crippen LogP contribution in [0.5, 0.6) is 0 Å². The van der Waals surface area contributed by atoms with Gasteiger partial charge >= 0.3 is 0 Å². The molecule has 7 heteroatoms. The maximum atomic E-state index is 5.62. The Morgan fingerprint density at radius 1 is 1.32 bits per heavy atom. The van der Waals surface area contributed by atoms with Crippen LogP contribution in [0.1, 0.15) is 30.9 Å². The van der Waals surface area contributed by atoms with Gasteiger partial charge in [-0.05, 0) is 32.1 Å². The van der Waals surface area contributed by atoms with Crippen molar-refractivity contribution in [1.29, 1.82) is 0 Å². The topological polar surface area (TPSA) is 76.4 Å². The van der Waals surface area contributed by atoms with Crippen LogP contribution in [0, 0.1) is 12.8 Å². The zero-order chi connectivity index (χ0) is 15.4. The third-order valence-corrected chi connectivity index (χ3v) is 4.53. The van der Waals surface area contributed by atoms with E-state index < -0.39 is 0 Å². The number of nitrogens with one attached hydrogen (secondary N) is 2. The first-order chi connectivity index (χ1) is 10.8. The summed E-state index contributed by atoms with van der Waals surface area (Å²) >= 11 is 0. The summed E-state index contributed by atoms with van der Waals surface area (Å²) in [5, 5.41) is 15.2. The monoisotopic (exact) mass is 306 g/mol. The fourth-order valence-electron chi connectivity index (χ4n) is 3.17. The van der Waals surface area contributed by atoms with Crippen LogP contribution in [0.25, 0.3) is 0 Å². The fraction of sp³-hybridized carbons (Fsp3) is 0.800. The van der Waals surface area contributed by atoms with Gasteiger partial charge in [0.15, 0.2) is 5.96 Å². The Labute approximate surface area is 131 Å². The molecule has 0 aromatic carbocycles. The van der Waals surface area contributed by atoms with Gasteiger partial charge in [0.2, 0.25) is 0 Å². The molecule has 0 bridgehead atoms. The molecule has 0 amide bonds. The summed E-state index contributed by atoms with van der Waals surface area (Å²) in [6.45, 7) is 5.65. The molecule has 3 rings (SSSR count). The quantitative estimate of drug-likeness (QED) is 0.625. The lowest BCUT2D eigenvalue weighted by molar-refractivity contribution is 0.113. The predicted molar refractivity (Wildman–Crippen MR) is 84.9 cm³/mol. The third-order valence-electron chi connectivity index (χ3n) is 4.53. The SMILES string of the molecule is CN=C(NCC1CCc2nnc(C)n2C1)NCC1CCCO1. The lowest BCUT2D eigenvalue weighted by Crippen LogP contribution is -2.43. The molecular formula is C15H26N6O. The van der Waals surface area contributed by atoms with Crippen molar-refractivity contribution in [3.05, 3.63) is 11.6 Å². The van der Waals surface area contributed by atoms with Crippen LogP contribution in [0.4, 0.5) is 0 Å². The number of guanidine groups is 1. The second kappa shape index (κ2) is 7.09. The van der Waals surface area contributed by atoms with Crippen LogP contribution in [0.2, 0.25) is 0 Å². The molecule has 2 atom stereocenters. The van der Waals surface area contributed by atoms with E-state index in [4.69, 9.17) is 4.74 Å². The largest absolute Gasteiger partial charge is 0.376 e. The van der Waals surface area contributed by atoms with Crippen molar-refractivity contribution in [1.82, 2.24) is 25.4 Å². The van der Waals surface area contributed by atoms with Gasteiger partial charge in [0.1, 0.15) is 11.6 Å². The Hall–Kier alpha value is -1.63. The van der Waals surface area contributed by atoms with E-state index in [1.165, 1.54) is 6.42 Å². The van der Waals surface area contributed by atoms with Crippen molar-refractivity contribution in [2.45, 2.75) is 45.3 Å². The van der Waals surface area contributed by atoms with E-state index in [1.54, 1.807) is 0 Å². The van der Waals surface area contributed by atoms with E-state index in [0.717, 1.165) is 63.1 Å². The van der Waals surface area contributed by atoms with Crippen molar-refractivity contribution >= 4 is 5.96 Å². The first-order valence-electron chi connectivity index (χ1n) is 8.21. The number of hydrogen-bond acceptors (Lipinski definition) is 4. The normalized spacial score (nSPS) is 25.1. The minimum absolute atomic E-state index is 0.329. The van der Waals surface area contributed by atoms with E-state index in [9.17, 15) is 0 Å². The van der Waals surface area contributed by atoms with E-state index in [-0.39, 0.29) is 0 Å². The molecule has 2 unspecified atom stereocenters. The van der Waals surface area contributed by atoms with E-state index >= 15 is 0 Å². The van der Waals surface area contributed by atoms with Crippen LogP contribution >= 0.6 is 0 Å². The predicted octanol–water partition coefficient (Wildman–Crippen LogP) is 0.493. The van der Waals surface area contributed by atoms with Crippen molar-refractivity contribution in [3.63, 3.8) is 0 Å². The van der Waals surface area contributed by atoms with Crippen LogP contribution in [-0.2, 0) is 17.7 Å². The Morgan fingerprint density at radius 3 is 2.95 bits per heavy atom. The number of aromatic nitrogens is 3. The van der Waals surface area contributed by atoms with Crippen molar-refractivity contribution in [2.75, 3.05) is 26.7 Å². The van der Waals surface area contributed by atoms with Crippen LogP contribution in [-0.4, -0.2) is 53.6 Å². The Balaban J connectivity index is 1.44. The van der Waals surface area contributed by atoms with Crippen molar-refractivity contribution < 1.29 is 4.74 Å². The standard InChI is InChI=1S/C15H26N6O/c1-11-19-20-14-6-5-12(10-21(11)14)8-17-15(16-2)18-9-13-4-3-7-22-13/h12-13H,3-10H2,1-2H3,(H2,16,17,18). The summed E-state index contributed by atoms with van der Waals surface area (Å²) in [6.07, 6.45) is 4.79. The number of aryl methyl sites for hydroxylation is 2. The van der Waals surface area contributed by atoms with Crippen molar-refractivity contribution in [2.24, 2.45) is 10.9 Å². The zero-order valence-corrected chi connectivity index (χ0v) is 13.5. The molecule has 0 saturated carbocycles. The molecule has 122 valence electrons. The number of rotatable bonds is 4. The summed E-state index contributed by atoms with van der Waals surface area (Å²) in [7, 11) is 1.81. The number of hydrogen-bond donors (Lipinski definition) is 2. The minimum atomic E-state index is 0.329. The molecule has 22 heavy (non-hydrogen) atoms. The van der Waals surface area contributed by atoms with Gasteiger partial charge in [0.05, 0.1) is 6.10 Å². The molecule has 0 radical (unpaired) electrons. The van der Waals surface area contributed by atoms with Gasteiger partial charge in [-0.1, -0.05) is 0 Å². The number of fused-ring (bicyclic) bond motifs is 1. The van der Waals surface area contributed by atoms with Gasteiger partial charge in [-0.25, -0.2) is 0 Å². The molecule has 1 aromatic rings. The fourth-order valence-corrected chi connectivity index (χ4v) is 3.17. The number of aliphatic imine (C=N–C) groups is 1. The summed E-state index contributed by atoms with van der Waals surface area (Å²) in [5.41, 5.74) is 0. The average molecular weight is 306 g/mol. The second-order valence-electron chi connectivity index (χ2n) is 6.15. The van der Waals surface area contributed by atoms with Gasteiger partial charge in [-0.15, -0.1) is 10.2 Å². The maximum Gasteiger partial charge on any atom is 0.191 e. The number of ether oxygens (including phenoxy) is 1. The summed E-state index contributed by atoms with van der Waals surface area (Å²) in [4.78, 5) is 4.29. The lowest BCUT2D eigenvalue weighted by Gasteiger charge is -2.25.